The first-order valence-electron chi connectivity index (χ1n) is 9.62. The number of esters is 2. The van der Waals surface area contributed by atoms with Crippen LogP contribution in [-0.2, 0) is 28.4 Å². The van der Waals surface area contributed by atoms with Gasteiger partial charge in [0.25, 0.3) is 0 Å². The van der Waals surface area contributed by atoms with E-state index in [0.29, 0.717) is 31.7 Å². The SMILES string of the molecule is CCCCCCCOC(=O)C(SOOO)C1C(=O)OCCC1CCCC. The monoisotopic (exact) mass is 392 g/mol. The Bertz CT molecular complexity index is 405. The second kappa shape index (κ2) is 14.3. The summed E-state index contributed by atoms with van der Waals surface area (Å²) in [5, 5.41) is 11.2. The predicted octanol–water partition coefficient (Wildman–Crippen LogP) is 4.31. The van der Waals surface area contributed by atoms with Crippen LogP contribution in [0.4, 0.5) is 0 Å². The second-order valence-corrected chi connectivity index (χ2v) is 7.46. The molecule has 0 amide bonds. The first kappa shape index (κ1) is 23.2. The van der Waals surface area contributed by atoms with Crippen molar-refractivity contribution in [3.63, 3.8) is 0 Å². The van der Waals surface area contributed by atoms with E-state index in [4.69, 9.17) is 14.7 Å². The van der Waals surface area contributed by atoms with Gasteiger partial charge in [0, 0.05) is 0 Å². The number of unbranched alkanes of at least 4 members (excludes halogenated alkanes) is 5. The summed E-state index contributed by atoms with van der Waals surface area (Å²) in [4.78, 5) is 24.9. The van der Waals surface area contributed by atoms with Gasteiger partial charge in [-0.05, 0) is 25.2 Å². The molecule has 1 saturated heterocycles. The van der Waals surface area contributed by atoms with Gasteiger partial charge in [0.1, 0.15) is 5.25 Å². The lowest BCUT2D eigenvalue weighted by Crippen LogP contribution is -2.43. The molecule has 1 fully saturated rings. The van der Waals surface area contributed by atoms with Crippen molar-refractivity contribution in [2.45, 2.75) is 76.9 Å². The summed E-state index contributed by atoms with van der Waals surface area (Å²) >= 11 is 0.601. The fraction of sp³-hybridized carbons (Fsp3) is 0.889. The summed E-state index contributed by atoms with van der Waals surface area (Å²) in [6.07, 6.45) is 8.73. The van der Waals surface area contributed by atoms with Crippen molar-refractivity contribution in [1.82, 2.24) is 0 Å². The smallest absolute Gasteiger partial charge is 0.322 e. The quantitative estimate of drug-likeness (QED) is 0.154. The zero-order valence-electron chi connectivity index (χ0n) is 15.8. The molecule has 7 nitrogen and oxygen atoms in total. The maximum absolute atomic E-state index is 12.5. The van der Waals surface area contributed by atoms with Gasteiger partial charge in [0.15, 0.2) is 0 Å². The lowest BCUT2D eigenvalue weighted by atomic mass is 9.81. The molecule has 0 aliphatic carbocycles. The molecule has 0 saturated carbocycles. The number of cyclic esters (lactones) is 1. The van der Waals surface area contributed by atoms with Crippen LogP contribution >= 0.6 is 12.0 Å². The summed E-state index contributed by atoms with van der Waals surface area (Å²) < 4.78 is 15.0. The minimum Gasteiger partial charge on any atom is -0.465 e. The number of carbonyl (C=O) groups excluding carboxylic acids is 2. The van der Waals surface area contributed by atoms with Crippen molar-refractivity contribution in [2.75, 3.05) is 13.2 Å². The van der Waals surface area contributed by atoms with E-state index in [1.807, 2.05) is 0 Å². The number of hydrogen-bond acceptors (Lipinski definition) is 8. The molecule has 3 unspecified atom stereocenters. The predicted molar refractivity (Wildman–Crippen MR) is 98.0 cm³/mol. The topological polar surface area (TPSA) is 91.3 Å². The first-order chi connectivity index (χ1) is 12.7. The molecule has 1 N–H and O–H groups in total. The molecule has 0 radical (unpaired) electrons. The van der Waals surface area contributed by atoms with Crippen molar-refractivity contribution >= 4 is 24.0 Å². The molecule has 26 heavy (non-hydrogen) atoms. The van der Waals surface area contributed by atoms with Gasteiger partial charge >= 0.3 is 11.9 Å². The normalized spacial score (nSPS) is 21.3. The summed E-state index contributed by atoms with van der Waals surface area (Å²) in [6, 6.07) is 0. The molecule has 0 aromatic heterocycles. The molecule has 0 aromatic carbocycles. The van der Waals surface area contributed by atoms with Crippen LogP contribution in [0.5, 0.6) is 0 Å². The van der Waals surface area contributed by atoms with Crippen LogP contribution in [0.15, 0.2) is 0 Å². The van der Waals surface area contributed by atoms with E-state index in [0.717, 1.165) is 44.9 Å². The van der Waals surface area contributed by atoms with Gasteiger partial charge in [-0.1, -0.05) is 57.4 Å². The molecule has 152 valence electrons. The number of hydrogen-bond donors (Lipinski definition) is 1. The third-order valence-electron chi connectivity index (χ3n) is 4.67. The molecular weight excluding hydrogens is 360 g/mol. The highest BCUT2D eigenvalue weighted by atomic mass is 32.2. The van der Waals surface area contributed by atoms with Crippen LogP contribution in [0.2, 0.25) is 0 Å². The highest BCUT2D eigenvalue weighted by Crippen LogP contribution is 2.36. The van der Waals surface area contributed by atoms with E-state index < -0.39 is 23.1 Å². The van der Waals surface area contributed by atoms with E-state index in [2.05, 4.69) is 23.2 Å². The van der Waals surface area contributed by atoms with Crippen LogP contribution in [0.3, 0.4) is 0 Å². The maximum atomic E-state index is 12.5. The van der Waals surface area contributed by atoms with Gasteiger partial charge in [-0.25, -0.2) is 5.26 Å². The van der Waals surface area contributed by atoms with Gasteiger partial charge in [-0.15, -0.1) is 4.33 Å². The lowest BCUT2D eigenvalue weighted by Gasteiger charge is -2.33. The molecule has 1 heterocycles. The zero-order valence-corrected chi connectivity index (χ0v) is 16.6. The van der Waals surface area contributed by atoms with Crippen molar-refractivity contribution in [2.24, 2.45) is 11.8 Å². The van der Waals surface area contributed by atoms with E-state index in [1.165, 1.54) is 6.42 Å². The molecular formula is C18H32O7S. The number of carbonyl (C=O) groups is 2. The summed E-state index contributed by atoms with van der Waals surface area (Å²) in [5.74, 6) is -1.60. The molecule has 1 aliphatic rings. The summed E-state index contributed by atoms with van der Waals surface area (Å²) in [7, 11) is 0. The third-order valence-corrected chi connectivity index (χ3v) is 5.50. The van der Waals surface area contributed by atoms with Crippen molar-refractivity contribution in [1.29, 1.82) is 0 Å². The van der Waals surface area contributed by atoms with Crippen LogP contribution in [0.25, 0.3) is 0 Å². The van der Waals surface area contributed by atoms with Crippen LogP contribution in [0, 0.1) is 11.8 Å². The van der Waals surface area contributed by atoms with Crippen LogP contribution in [-0.4, -0.2) is 35.7 Å². The highest BCUT2D eigenvalue weighted by Gasteiger charge is 2.44. The fourth-order valence-corrected chi connectivity index (χ4v) is 3.93. The van der Waals surface area contributed by atoms with Gasteiger partial charge in [-0.2, -0.15) is 0 Å². The molecule has 0 spiro atoms. The van der Waals surface area contributed by atoms with E-state index >= 15 is 0 Å². The Morgan fingerprint density at radius 3 is 2.65 bits per heavy atom. The number of ether oxygens (including phenoxy) is 2. The fourth-order valence-electron chi connectivity index (χ4n) is 3.21. The van der Waals surface area contributed by atoms with E-state index in [1.54, 1.807) is 0 Å². The van der Waals surface area contributed by atoms with Gasteiger partial charge in [0.05, 0.1) is 31.2 Å². The van der Waals surface area contributed by atoms with Crippen LogP contribution < -0.4 is 0 Å². The minimum absolute atomic E-state index is 0.0214. The Balaban J connectivity index is 2.65. The van der Waals surface area contributed by atoms with Gasteiger partial charge in [0.2, 0.25) is 0 Å². The largest absolute Gasteiger partial charge is 0.465 e. The molecule has 3 atom stereocenters. The Labute approximate surface area is 160 Å². The molecule has 1 rings (SSSR count). The summed E-state index contributed by atoms with van der Waals surface area (Å²) in [5.41, 5.74) is 0. The number of rotatable bonds is 14. The lowest BCUT2D eigenvalue weighted by molar-refractivity contribution is -0.432. The maximum Gasteiger partial charge on any atom is 0.322 e. The van der Waals surface area contributed by atoms with Gasteiger partial charge < -0.3 is 9.47 Å². The molecule has 8 heteroatoms. The average Bonchev–Trinajstić information content (AvgIpc) is 2.64. The standard InChI is InChI=1S/C18H32O7S/c1-3-5-7-8-9-12-22-18(20)16(26-25-24-21)15-14(10-6-4-2)11-13-23-17(15)19/h14-16,21H,3-13H2,1-2H3. The Kier molecular flexibility index (Phi) is 12.7. The third kappa shape index (κ3) is 8.24. The first-order valence-corrected chi connectivity index (χ1v) is 10.4. The minimum atomic E-state index is -0.924. The van der Waals surface area contributed by atoms with Crippen LogP contribution in [0.1, 0.15) is 71.6 Å². The van der Waals surface area contributed by atoms with Crippen molar-refractivity contribution in [3.8, 4) is 0 Å². The Morgan fingerprint density at radius 1 is 1.23 bits per heavy atom. The van der Waals surface area contributed by atoms with E-state index in [9.17, 15) is 9.59 Å². The zero-order chi connectivity index (χ0) is 19.2. The molecule has 1 aliphatic heterocycles. The summed E-state index contributed by atoms with van der Waals surface area (Å²) in [6.45, 7) is 4.90. The Morgan fingerprint density at radius 2 is 1.96 bits per heavy atom. The van der Waals surface area contributed by atoms with Gasteiger partial charge in [-0.3, -0.25) is 9.59 Å². The average molecular weight is 393 g/mol. The van der Waals surface area contributed by atoms with Crippen molar-refractivity contribution in [3.05, 3.63) is 0 Å². The second-order valence-electron chi connectivity index (χ2n) is 6.63. The molecule has 0 aromatic rings. The van der Waals surface area contributed by atoms with E-state index in [-0.39, 0.29) is 5.92 Å². The van der Waals surface area contributed by atoms with Crippen molar-refractivity contribution < 1.29 is 33.7 Å². The highest BCUT2D eigenvalue weighted by molar-refractivity contribution is 7.96. The Hall–Kier alpha value is -0.830. The molecule has 0 bridgehead atoms.